The van der Waals surface area contributed by atoms with Crippen molar-refractivity contribution < 1.29 is 0 Å². The Morgan fingerprint density at radius 1 is 0.641 bits per heavy atom. The number of benzene rings is 5. The van der Waals surface area contributed by atoms with E-state index in [0.717, 1.165) is 22.5 Å². The normalized spacial score (nSPS) is 11.6. The molecule has 7 aromatic rings. The van der Waals surface area contributed by atoms with Crippen LogP contribution in [0.2, 0.25) is 0 Å². The van der Waals surface area contributed by atoms with Gasteiger partial charge in [0.05, 0.1) is 16.7 Å². The first-order valence-electron chi connectivity index (χ1n) is 13.4. The van der Waals surface area contributed by atoms with Gasteiger partial charge in [-0.25, -0.2) is 4.98 Å². The zero-order valence-electron chi connectivity index (χ0n) is 22.0. The molecule has 0 bridgehead atoms. The standard InChI is InChI=1S/C36H28N2S/c1-24(2)27-20-21-30-31(23-39-34(30)22-27)36-37-32-18-9-10-19-33(32)38(36)35-28(25-12-5-3-6-13-25)16-11-17-29(35)26-14-7-4-8-15-26/h3-24H,1-2H3. The van der Waals surface area contributed by atoms with Crippen LogP contribution in [0, 0.1) is 0 Å². The lowest BCUT2D eigenvalue weighted by atomic mass is 9.95. The van der Waals surface area contributed by atoms with Gasteiger partial charge in [0.15, 0.2) is 0 Å². The molecule has 39 heavy (non-hydrogen) atoms. The van der Waals surface area contributed by atoms with Crippen LogP contribution in [-0.4, -0.2) is 9.55 Å². The van der Waals surface area contributed by atoms with Crippen LogP contribution < -0.4 is 0 Å². The highest BCUT2D eigenvalue weighted by Crippen LogP contribution is 2.42. The largest absolute Gasteiger partial charge is 0.291 e. The van der Waals surface area contributed by atoms with Crippen LogP contribution in [0.1, 0.15) is 25.3 Å². The molecule has 0 saturated heterocycles. The lowest BCUT2D eigenvalue weighted by Crippen LogP contribution is -2.03. The van der Waals surface area contributed by atoms with Crippen molar-refractivity contribution >= 4 is 32.5 Å². The van der Waals surface area contributed by atoms with Crippen molar-refractivity contribution in [3.63, 3.8) is 0 Å². The van der Waals surface area contributed by atoms with Gasteiger partial charge >= 0.3 is 0 Å². The van der Waals surface area contributed by atoms with Gasteiger partial charge < -0.3 is 0 Å². The molecule has 2 heterocycles. The number of rotatable bonds is 5. The van der Waals surface area contributed by atoms with Gasteiger partial charge in [0.1, 0.15) is 5.82 Å². The number of hydrogen-bond acceptors (Lipinski definition) is 2. The van der Waals surface area contributed by atoms with Gasteiger partial charge in [-0.2, -0.15) is 0 Å². The van der Waals surface area contributed by atoms with Crippen molar-refractivity contribution in [2.24, 2.45) is 0 Å². The topological polar surface area (TPSA) is 17.8 Å². The number of thiophene rings is 1. The minimum absolute atomic E-state index is 0.496. The maximum Gasteiger partial charge on any atom is 0.147 e. The van der Waals surface area contributed by atoms with E-state index >= 15 is 0 Å². The zero-order chi connectivity index (χ0) is 26.3. The second kappa shape index (κ2) is 9.68. The summed E-state index contributed by atoms with van der Waals surface area (Å²) in [6.45, 7) is 4.50. The molecular weight excluding hydrogens is 492 g/mol. The average Bonchev–Trinajstić information content (AvgIpc) is 3.58. The lowest BCUT2D eigenvalue weighted by Gasteiger charge is -2.19. The van der Waals surface area contributed by atoms with Gasteiger partial charge in [-0.05, 0) is 40.8 Å². The summed E-state index contributed by atoms with van der Waals surface area (Å²) in [7, 11) is 0. The molecule has 0 aliphatic heterocycles. The van der Waals surface area contributed by atoms with Crippen molar-refractivity contribution in [1.29, 1.82) is 0 Å². The molecule has 188 valence electrons. The Morgan fingerprint density at radius 2 is 1.28 bits per heavy atom. The molecule has 0 N–H and O–H groups in total. The van der Waals surface area contributed by atoms with E-state index in [2.05, 4.69) is 145 Å². The third-order valence-electron chi connectivity index (χ3n) is 7.50. The van der Waals surface area contributed by atoms with Crippen molar-refractivity contribution in [2.45, 2.75) is 19.8 Å². The Bertz CT molecular complexity index is 1870. The Morgan fingerprint density at radius 3 is 1.95 bits per heavy atom. The Kier molecular flexibility index (Phi) is 5.87. The van der Waals surface area contributed by atoms with Crippen LogP contribution >= 0.6 is 11.3 Å². The highest BCUT2D eigenvalue weighted by molar-refractivity contribution is 7.17. The van der Waals surface area contributed by atoms with Gasteiger partial charge in [0.2, 0.25) is 0 Å². The number of para-hydroxylation sites is 3. The minimum atomic E-state index is 0.496. The fraction of sp³-hybridized carbons (Fsp3) is 0.0833. The molecule has 0 spiro atoms. The Hall–Kier alpha value is -4.47. The summed E-state index contributed by atoms with van der Waals surface area (Å²) in [5.74, 6) is 1.47. The zero-order valence-corrected chi connectivity index (χ0v) is 22.8. The van der Waals surface area contributed by atoms with Crippen molar-refractivity contribution in [1.82, 2.24) is 9.55 Å². The number of fused-ring (bicyclic) bond motifs is 2. The predicted molar refractivity (Wildman–Crippen MR) is 167 cm³/mol. The van der Waals surface area contributed by atoms with E-state index in [0.29, 0.717) is 5.92 Å². The van der Waals surface area contributed by atoms with E-state index in [1.54, 1.807) is 11.3 Å². The molecule has 3 heteroatoms. The van der Waals surface area contributed by atoms with Crippen LogP contribution in [0.3, 0.4) is 0 Å². The number of hydrogen-bond donors (Lipinski definition) is 0. The molecule has 7 rings (SSSR count). The Balaban J connectivity index is 1.59. The second-order valence-electron chi connectivity index (χ2n) is 10.3. The molecule has 2 nitrogen and oxygen atoms in total. The third-order valence-corrected chi connectivity index (χ3v) is 8.44. The van der Waals surface area contributed by atoms with E-state index < -0.39 is 0 Å². The van der Waals surface area contributed by atoms with E-state index in [4.69, 9.17) is 4.98 Å². The van der Waals surface area contributed by atoms with Gasteiger partial charge in [-0.1, -0.05) is 117 Å². The number of imidazole rings is 1. The highest BCUT2D eigenvalue weighted by atomic mass is 32.1. The van der Waals surface area contributed by atoms with E-state index in [9.17, 15) is 0 Å². The van der Waals surface area contributed by atoms with Crippen molar-refractivity contribution in [3.8, 4) is 39.3 Å². The number of nitrogens with zero attached hydrogens (tertiary/aromatic N) is 2. The van der Waals surface area contributed by atoms with E-state index in [1.807, 2.05) is 0 Å². The molecule has 0 aliphatic rings. The molecule has 0 radical (unpaired) electrons. The fourth-order valence-electron chi connectivity index (χ4n) is 5.50. The fourth-order valence-corrected chi connectivity index (χ4v) is 6.48. The monoisotopic (exact) mass is 520 g/mol. The first kappa shape index (κ1) is 23.6. The molecule has 0 amide bonds. The average molecular weight is 521 g/mol. The summed E-state index contributed by atoms with van der Waals surface area (Å²) < 4.78 is 3.69. The molecule has 5 aromatic carbocycles. The summed E-state index contributed by atoms with van der Waals surface area (Å²) in [5.41, 5.74) is 10.5. The SMILES string of the molecule is CC(C)c1ccc2c(-c3nc4ccccc4n3-c3c(-c4ccccc4)cccc3-c3ccccc3)csc2c1. The quantitative estimate of drug-likeness (QED) is 0.221. The molecule has 0 unspecified atom stereocenters. The lowest BCUT2D eigenvalue weighted by molar-refractivity contribution is 0.869. The van der Waals surface area contributed by atoms with Gasteiger partial charge in [-0.15, -0.1) is 11.3 Å². The molecule has 2 aromatic heterocycles. The van der Waals surface area contributed by atoms with Gasteiger partial charge in [0.25, 0.3) is 0 Å². The molecule has 0 saturated carbocycles. The predicted octanol–water partition coefficient (Wildman–Crippen LogP) is 10.4. The molecule has 0 fully saturated rings. The molecule has 0 atom stereocenters. The van der Waals surface area contributed by atoms with Crippen LogP contribution in [-0.2, 0) is 0 Å². The Labute approximate surface area is 232 Å². The van der Waals surface area contributed by atoms with Gasteiger partial charge in [0, 0.05) is 32.2 Å². The highest BCUT2D eigenvalue weighted by Gasteiger charge is 2.22. The maximum atomic E-state index is 5.28. The van der Waals surface area contributed by atoms with Crippen LogP contribution in [0.5, 0.6) is 0 Å². The third kappa shape index (κ3) is 4.07. The van der Waals surface area contributed by atoms with Crippen LogP contribution in [0.4, 0.5) is 0 Å². The molecule has 0 aliphatic carbocycles. The molecular formula is C36H28N2S. The second-order valence-corrected chi connectivity index (χ2v) is 11.2. The first-order valence-corrected chi connectivity index (χ1v) is 14.3. The van der Waals surface area contributed by atoms with Crippen LogP contribution in [0.25, 0.3) is 60.4 Å². The maximum absolute atomic E-state index is 5.28. The summed E-state index contributed by atoms with van der Waals surface area (Å²) >= 11 is 1.80. The van der Waals surface area contributed by atoms with Gasteiger partial charge in [-0.3, -0.25) is 4.57 Å². The smallest absolute Gasteiger partial charge is 0.147 e. The number of aromatic nitrogens is 2. The minimum Gasteiger partial charge on any atom is -0.291 e. The van der Waals surface area contributed by atoms with E-state index in [1.165, 1.54) is 43.5 Å². The summed E-state index contributed by atoms with van der Waals surface area (Å²) in [6, 6.07) is 43.4. The van der Waals surface area contributed by atoms with Crippen LogP contribution in [0.15, 0.2) is 127 Å². The van der Waals surface area contributed by atoms with E-state index in [-0.39, 0.29) is 0 Å². The first-order chi connectivity index (χ1) is 19.2. The summed E-state index contributed by atoms with van der Waals surface area (Å²) in [5, 5.41) is 3.53. The summed E-state index contributed by atoms with van der Waals surface area (Å²) in [4.78, 5) is 5.28. The summed E-state index contributed by atoms with van der Waals surface area (Å²) in [6.07, 6.45) is 0. The van der Waals surface area contributed by atoms with Crippen molar-refractivity contribution in [2.75, 3.05) is 0 Å². The van der Waals surface area contributed by atoms with Crippen molar-refractivity contribution in [3.05, 3.63) is 132 Å².